The molecule has 2 fully saturated rings. The van der Waals surface area contributed by atoms with Crippen molar-refractivity contribution in [2.24, 2.45) is 0 Å². The third-order valence-corrected chi connectivity index (χ3v) is 4.67. The van der Waals surface area contributed by atoms with Gasteiger partial charge in [0.1, 0.15) is 18.5 Å². The van der Waals surface area contributed by atoms with E-state index in [0.29, 0.717) is 6.61 Å². The Hall–Kier alpha value is -1.59. The van der Waals surface area contributed by atoms with Gasteiger partial charge in [-0.05, 0) is 31.9 Å². The van der Waals surface area contributed by atoms with Crippen molar-refractivity contribution in [1.29, 1.82) is 0 Å². The van der Waals surface area contributed by atoms with Crippen molar-refractivity contribution in [2.45, 2.75) is 44.8 Å². The molecular formula is C19H27NO4. The van der Waals surface area contributed by atoms with Crippen LogP contribution in [0.2, 0.25) is 0 Å². The van der Waals surface area contributed by atoms with E-state index in [2.05, 4.69) is 19.1 Å². The molecule has 0 aromatic heterocycles. The Morgan fingerprint density at radius 2 is 1.96 bits per heavy atom. The van der Waals surface area contributed by atoms with E-state index in [4.69, 9.17) is 14.2 Å². The Kier molecular flexibility index (Phi) is 6.10. The number of hydrogen-bond donors (Lipinski definition) is 0. The van der Waals surface area contributed by atoms with Crippen LogP contribution in [-0.4, -0.2) is 55.9 Å². The van der Waals surface area contributed by atoms with Gasteiger partial charge in [0.05, 0.1) is 12.7 Å². The lowest BCUT2D eigenvalue weighted by Crippen LogP contribution is -2.43. The fourth-order valence-electron chi connectivity index (χ4n) is 3.18. The Morgan fingerprint density at radius 3 is 2.62 bits per heavy atom. The summed E-state index contributed by atoms with van der Waals surface area (Å²) in [6.45, 7) is 5.03. The molecule has 1 aromatic carbocycles. The smallest absolute Gasteiger partial charge is 0.248 e. The second-order valence-corrected chi connectivity index (χ2v) is 6.66. The van der Waals surface area contributed by atoms with Crippen molar-refractivity contribution in [2.75, 3.05) is 32.9 Å². The van der Waals surface area contributed by atoms with Gasteiger partial charge in [0.25, 0.3) is 0 Å². The van der Waals surface area contributed by atoms with Crippen molar-refractivity contribution in [3.63, 3.8) is 0 Å². The summed E-state index contributed by atoms with van der Waals surface area (Å²) < 4.78 is 17.0. The molecule has 132 valence electrons. The molecule has 5 heteroatoms. The van der Waals surface area contributed by atoms with Crippen molar-refractivity contribution in [3.8, 4) is 5.75 Å². The first kappa shape index (κ1) is 17.2. The molecule has 1 aromatic rings. The topological polar surface area (TPSA) is 48.0 Å². The summed E-state index contributed by atoms with van der Waals surface area (Å²) in [5.41, 5.74) is 1.23. The summed E-state index contributed by atoms with van der Waals surface area (Å²) in [5.74, 6) is 0.979. The van der Waals surface area contributed by atoms with Gasteiger partial charge < -0.3 is 19.1 Å². The van der Waals surface area contributed by atoms with E-state index in [1.54, 1.807) is 0 Å². The summed E-state index contributed by atoms with van der Waals surface area (Å²) in [5, 5.41) is 0. The van der Waals surface area contributed by atoms with E-state index >= 15 is 0 Å². The molecule has 1 atom stereocenters. The first-order valence-corrected chi connectivity index (χ1v) is 8.91. The number of piperidine rings is 1. The van der Waals surface area contributed by atoms with Crippen LogP contribution in [0.15, 0.2) is 24.3 Å². The fraction of sp³-hybridized carbons (Fsp3) is 0.632. The minimum atomic E-state index is 0.0711. The number of rotatable bonds is 6. The third kappa shape index (κ3) is 4.95. The van der Waals surface area contributed by atoms with Gasteiger partial charge in [-0.15, -0.1) is 0 Å². The number of benzene rings is 1. The van der Waals surface area contributed by atoms with Crippen LogP contribution in [0.4, 0.5) is 0 Å². The average Bonchev–Trinajstić information content (AvgIpc) is 3.11. The Morgan fingerprint density at radius 1 is 1.21 bits per heavy atom. The Bertz CT molecular complexity index is 517. The maximum absolute atomic E-state index is 12.2. The highest BCUT2D eigenvalue weighted by Crippen LogP contribution is 2.19. The number of carbonyl (C=O) groups excluding carboxylic acids is 1. The molecule has 5 nitrogen and oxygen atoms in total. The van der Waals surface area contributed by atoms with E-state index in [1.807, 2.05) is 17.0 Å². The van der Waals surface area contributed by atoms with E-state index < -0.39 is 0 Å². The van der Waals surface area contributed by atoms with Crippen molar-refractivity contribution in [3.05, 3.63) is 29.8 Å². The molecule has 0 N–H and O–H groups in total. The zero-order valence-corrected chi connectivity index (χ0v) is 14.4. The summed E-state index contributed by atoms with van der Waals surface area (Å²) in [7, 11) is 0. The normalized spacial score (nSPS) is 21.9. The highest BCUT2D eigenvalue weighted by atomic mass is 16.5. The van der Waals surface area contributed by atoms with E-state index in [1.165, 1.54) is 5.56 Å². The summed E-state index contributed by atoms with van der Waals surface area (Å²) in [6, 6.07) is 8.12. The van der Waals surface area contributed by atoms with Crippen LogP contribution >= 0.6 is 0 Å². The average molecular weight is 333 g/mol. The van der Waals surface area contributed by atoms with E-state index in [-0.39, 0.29) is 24.7 Å². The molecule has 2 saturated heterocycles. The SMILES string of the molecule is Cc1ccc(OC2CCN(C(=O)COCC3CCCO3)CC2)cc1. The molecule has 2 aliphatic rings. The Balaban J connectivity index is 1.34. The van der Waals surface area contributed by atoms with Crippen LogP contribution in [0, 0.1) is 6.92 Å². The van der Waals surface area contributed by atoms with Gasteiger partial charge in [-0.2, -0.15) is 0 Å². The van der Waals surface area contributed by atoms with Gasteiger partial charge in [-0.25, -0.2) is 0 Å². The van der Waals surface area contributed by atoms with Gasteiger partial charge in [-0.1, -0.05) is 17.7 Å². The lowest BCUT2D eigenvalue weighted by Gasteiger charge is -2.32. The zero-order valence-electron chi connectivity index (χ0n) is 14.4. The molecule has 0 bridgehead atoms. The number of amides is 1. The van der Waals surface area contributed by atoms with Gasteiger partial charge >= 0.3 is 0 Å². The van der Waals surface area contributed by atoms with Crippen LogP contribution < -0.4 is 4.74 Å². The third-order valence-electron chi connectivity index (χ3n) is 4.67. The van der Waals surface area contributed by atoms with Gasteiger partial charge in [0.15, 0.2) is 0 Å². The van der Waals surface area contributed by atoms with Gasteiger partial charge in [0.2, 0.25) is 5.91 Å². The largest absolute Gasteiger partial charge is 0.490 e. The van der Waals surface area contributed by atoms with Crippen LogP contribution in [-0.2, 0) is 14.3 Å². The monoisotopic (exact) mass is 333 g/mol. The molecule has 2 heterocycles. The lowest BCUT2D eigenvalue weighted by molar-refractivity contribution is -0.139. The fourth-order valence-corrected chi connectivity index (χ4v) is 3.18. The molecule has 24 heavy (non-hydrogen) atoms. The minimum absolute atomic E-state index is 0.0711. The van der Waals surface area contributed by atoms with E-state index in [9.17, 15) is 4.79 Å². The molecule has 0 radical (unpaired) electrons. The number of ether oxygens (including phenoxy) is 3. The first-order valence-electron chi connectivity index (χ1n) is 8.91. The molecular weight excluding hydrogens is 306 g/mol. The maximum Gasteiger partial charge on any atom is 0.248 e. The first-order chi connectivity index (χ1) is 11.7. The quantitative estimate of drug-likeness (QED) is 0.803. The summed E-state index contributed by atoms with van der Waals surface area (Å²) in [4.78, 5) is 14.1. The number of hydrogen-bond acceptors (Lipinski definition) is 4. The number of nitrogens with zero attached hydrogens (tertiary/aromatic N) is 1. The molecule has 0 saturated carbocycles. The number of carbonyl (C=O) groups is 1. The molecule has 0 spiro atoms. The Labute approximate surface area is 143 Å². The summed E-state index contributed by atoms with van der Waals surface area (Å²) in [6.07, 6.45) is 4.22. The lowest BCUT2D eigenvalue weighted by atomic mass is 10.1. The van der Waals surface area contributed by atoms with Gasteiger partial charge in [0, 0.05) is 32.5 Å². The maximum atomic E-state index is 12.2. The molecule has 2 aliphatic heterocycles. The van der Waals surface area contributed by atoms with Crippen LogP contribution in [0.3, 0.4) is 0 Å². The second kappa shape index (κ2) is 8.49. The molecule has 1 amide bonds. The number of likely N-dealkylation sites (tertiary alicyclic amines) is 1. The highest BCUT2D eigenvalue weighted by Gasteiger charge is 2.24. The summed E-state index contributed by atoms with van der Waals surface area (Å²) >= 11 is 0. The van der Waals surface area contributed by atoms with Crippen molar-refractivity contribution in [1.82, 2.24) is 4.90 Å². The highest BCUT2D eigenvalue weighted by molar-refractivity contribution is 5.77. The zero-order chi connectivity index (χ0) is 16.8. The van der Waals surface area contributed by atoms with Crippen LogP contribution in [0.25, 0.3) is 0 Å². The van der Waals surface area contributed by atoms with Crippen LogP contribution in [0.1, 0.15) is 31.2 Å². The molecule has 3 rings (SSSR count). The van der Waals surface area contributed by atoms with E-state index in [0.717, 1.165) is 51.1 Å². The van der Waals surface area contributed by atoms with Crippen LogP contribution in [0.5, 0.6) is 5.75 Å². The van der Waals surface area contributed by atoms with Crippen molar-refractivity contribution >= 4 is 5.91 Å². The predicted molar refractivity (Wildman–Crippen MR) is 91.2 cm³/mol. The standard InChI is InChI=1S/C19H27NO4/c1-15-4-6-16(7-5-15)24-17-8-10-20(11-9-17)19(21)14-22-13-18-3-2-12-23-18/h4-7,17-18H,2-3,8-14H2,1H3. The predicted octanol–water partition coefficient (Wildman–Crippen LogP) is 2.56. The molecule has 1 unspecified atom stereocenters. The van der Waals surface area contributed by atoms with Crippen molar-refractivity contribution < 1.29 is 19.0 Å². The second-order valence-electron chi connectivity index (χ2n) is 6.66. The van der Waals surface area contributed by atoms with Gasteiger partial charge in [-0.3, -0.25) is 4.79 Å². The number of aryl methyl sites for hydroxylation is 1. The minimum Gasteiger partial charge on any atom is -0.490 e. The molecule has 0 aliphatic carbocycles.